The summed E-state index contributed by atoms with van der Waals surface area (Å²) in [4.78, 5) is 16.5. The molecule has 0 rings (SSSR count). The monoisotopic (exact) mass is 175 g/mol. The summed E-state index contributed by atoms with van der Waals surface area (Å²) < 4.78 is 0. The first-order chi connectivity index (χ1) is 2.83. The van der Waals surface area contributed by atoms with Gasteiger partial charge in [0.1, 0.15) is 0 Å². The van der Waals surface area contributed by atoms with Crippen molar-refractivity contribution in [1.29, 1.82) is 0 Å². The van der Waals surface area contributed by atoms with Crippen molar-refractivity contribution in [3.05, 3.63) is 0 Å². The Bertz CT molecular complexity index is 30.7. The molecule has 0 aromatic carbocycles. The molecule has 0 heterocycles. The van der Waals surface area contributed by atoms with E-state index in [-0.39, 0.29) is 58.2 Å². The van der Waals surface area contributed by atoms with Crippen molar-refractivity contribution in [2.45, 2.75) is 0 Å². The van der Waals surface area contributed by atoms with Crippen LogP contribution in [0.25, 0.3) is 0 Å². The first kappa shape index (κ1) is 15.6. The summed E-state index contributed by atoms with van der Waals surface area (Å²) >= 11 is 0. The van der Waals surface area contributed by atoms with E-state index in [4.69, 9.17) is 19.8 Å². The molecule has 36 valence electrons. The van der Waals surface area contributed by atoms with Crippen LogP contribution in [0.15, 0.2) is 0 Å². The van der Waals surface area contributed by atoms with Crippen LogP contribution in [0.5, 0.6) is 0 Å². The molecule has 0 unspecified atom stereocenters. The number of rotatable bonds is 0. The van der Waals surface area contributed by atoms with Gasteiger partial charge in [-0.15, -0.1) is 0 Å². The van der Waals surface area contributed by atoms with Crippen LogP contribution in [0.1, 0.15) is 0 Å². The summed E-state index contributed by atoms with van der Waals surface area (Å²) in [7, 11) is 0. The van der Waals surface area contributed by atoms with E-state index in [0.29, 0.717) is 12.9 Å². The summed E-state index contributed by atoms with van der Waals surface area (Å²) in [6, 6.07) is 0. The summed E-state index contributed by atoms with van der Waals surface area (Å²) in [6.07, 6.45) is 0. The first-order valence-electron chi connectivity index (χ1n) is 0.855. The van der Waals surface area contributed by atoms with Gasteiger partial charge in [-0.25, -0.2) is 0 Å². The molecular formula is C2H2O4Rb-. The Morgan fingerprint density at radius 3 is 1.00 bits per heavy atom. The van der Waals surface area contributed by atoms with Gasteiger partial charge >= 0.3 is 58.2 Å². The smallest absolute Gasteiger partial charge is 0.665 e. The van der Waals surface area contributed by atoms with Crippen LogP contribution in [0.3, 0.4) is 0 Å². The predicted octanol–water partition coefficient (Wildman–Crippen LogP) is -3.77. The molecule has 0 amide bonds. The van der Waals surface area contributed by atoms with Crippen molar-refractivity contribution >= 4 is 12.9 Å². The summed E-state index contributed by atoms with van der Waals surface area (Å²) in [5.41, 5.74) is 0. The molecule has 4 nitrogen and oxygen atoms in total. The quantitative estimate of drug-likeness (QED) is 0.371. The maximum atomic E-state index is 8.24. The third-order valence-corrected chi connectivity index (χ3v) is 0. The van der Waals surface area contributed by atoms with Crippen LogP contribution in [-0.4, -0.2) is 23.2 Å². The van der Waals surface area contributed by atoms with E-state index >= 15 is 0 Å². The molecule has 0 aliphatic rings. The maximum Gasteiger partial charge on any atom is 1.00 e. The van der Waals surface area contributed by atoms with E-state index in [1.54, 1.807) is 0 Å². The topological polar surface area (TPSA) is 74.6 Å². The number of aliphatic hydroxyl groups excluding tert-OH is 2. The van der Waals surface area contributed by atoms with Crippen LogP contribution in [-0.2, 0) is 9.59 Å². The van der Waals surface area contributed by atoms with E-state index in [1.807, 2.05) is 0 Å². The van der Waals surface area contributed by atoms with E-state index in [2.05, 4.69) is 0 Å². The van der Waals surface area contributed by atoms with Crippen molar-refractivity contribution < 1.29 is 78.0 Å². The van der Waals surface area contributed by atoms with Crippen molar-refractivity contribution in [3.8, 4) is 0 Å². The molecule has 0 fully saturated rings. The zero-order chi connectivity index (χ0) is 5.41. The summed E-state index contributed by atoms with van der Waals surface area (Å²) in [5, 5.41) is 13.5. The Kier molecular flexibility index (Phi) is 66.1. The third-order valence-electron chi connectivity index (χ3n) is 0. The van der Waals surface area contributed by atoms with Gasteiger partial charge in [-0.1, -0.05) is 12.9 Å². The third kappa shape index (κ3) is 274. The maximum absolute atomic E-state index is 8.24. The normalized spacial score (nSPS) is 3.43. The summed E-state index contributed by atoms with van der Waals surface area (Å²) in [6.45, 7) is 1.00. The minimum Gasteiger partial charge on any atom is -0.665 e. The van der Waals surface area contributed by atoms with Crippen molar-refractivity contribution in [3.63, 3.8) is 0 Å². The molecule has 0 aromatic heterocycles. The van der Waals surface area contributed by atoms with Gasteiger partial charge in [0, 0.05) is 0 Å². The van der Waals surface area contributed by atoms with E-state index in [0.717, 1.165) is 0 Å². The fourth-order valence-electron chi connectivity index (χ4n) is 0. The van der Waals surface area contributed by atoms with Gasteiger partial charge in [0.2, 0.25) is 0 Å². The molecule has 0 saturated carbocycles. The second-order valence-corrected chi connectivity index (χ2v) is 0.183. The zero-order valence-electron chi connectivity index (χ0n) is 3.71. The van der Waals surface area contributed by atoms with Gasteiger partial charge in [-0.2, -0.15) is 0 Å². The number of hydrogen-bond acceptors (Lipinski definition) is 2. The fraction of sp³-hybridized carbons (Fsp3) is 0. The van der Waals surface area contributed by atoms with Crippen molar-refractivity contribution in [1.82, 2.24) is 0 Å². The molecule has 7 heavy (non-hydrogen) atoms. The van der Waals surface area contributed by atoms with Gasteiger partial charge in [0.15, 0.2) is 0 Å². The minimum atomic E-state index is 0. The van der Waals surface area contributed by atoms with Gasteiger partial charge in [0.05, 0.1) is 0 Å². The largest absolute Gasteiger partial charge is 1.00 e. The Hall–Kier alpha value is 0.745. The second-order valence-electron chi connectivity index (χ2n) is 0.183. The fourth-order valence-corrected chi connectivity index (χ4v) is 0. The van der Waals surface area contributed by atoms with Gasteiger partial charge in [-0.3, -0.25) is 0 Å². The predicted molar refractivity (Wildman–Crippen MR) is 16.6 cm³/mol. The first-order valence-corrected chi connectivity index (χ1v) is 0.855. The van der Waals surface area contributed by atoms with Gasteiger partial charge < -0.3 is 19.8 Å². The molecule has 0 bridgehead atoms. The summed E-state index contributed by atoms with van der Waals surface area (Å²) in [5.74, 6) is 0. The number of hydrogen-bond donors (Lipinski definition) is 2. The second kappa shape index (κ2) is 29.5. The Labute approximate surface area is 89.3 Å². The SMILES string of the molecule is O=[C-]O.O=[C-]O.[Rb+]. The zero-order valence-corrected chi connectivity index (χ0v) is 8.63. The van der Waals surface area contributed by atoms with Crippen LogP contribution in [0, 0.1) is 0 Å². The Morgan fingerprint density at radius 1 is 1.00 bits per heavy atom. The van der Waals surface area contributed by atoms with Crippen LogP contribution in [0.2, 0.25) is 0 Å². The van der Waals surface area contributed by atoms with Gasteiger partial charge in [0.25, 0.3) is 0 Å². The standard InChI is InChI=1S/2CHO2.Rb/c2*2-1-3;/h2*(H,2,3);/q2*-1;+1. The molecule has 0 radical (unpaired) electrons. The molecule has 0 aromatic rings. The molecule has 0 aliphatic heterocycles. The van der Waals surface area contributed by atoms with Crippen LogP contribution < -0.4 is 58.2 Å². The van der Waals surface area contributed by atoms with Crippen molar-refractivity contribution in [2.75, 3.05) is 0 Å². The average molecular weight is 176 g/mol. The molecule has 0 atom stereocenters. The Balaban J connectivity index is -0.0000000400. The molecule has 2 N–H and O–H groups in total. The van der Waals surface area contributed by atoms with Gasteiger partial charge in [-0.05, 0) is 0 Å². The van der Waals surface area contributed by atoms with Crippen molar-refractivity contribution in [2.24, 2.45) is 0 Å². The molecule has 5 heteroatoms. The molecule has 0 spiro atoms. The molecule has 0 aliphatic carbocycles. The van der Waals surface area contributed by atoms with E-state index in [9.17, 15) is 0 Å². The Morgan fingerprint density at radius 2 is 1.00 bits per heavy atom. The van der Waals surface area contributed by atoms with Crippen LogP contribution >= 0.6 is 0 Å². The minimum absolute atomic E-state index is 0. The van der Waals surface area contributed by atoms with Crippen LogP contribution in [0.4, 0.5) is 0 Å². The molecule has 0 saturated heterocycles. The van der Waals surface area contributed by atoms with E-state index in [1.165, 1.54) is 0 Å². The molecular weight excluding hydrogens is 173 g/mol. The van der Waals surface area contributed by atoms with E-state index < -0.39 is 0 Å². The average Bonchev–Trinajstić information content (AvgIpc) is 1.39.